The molecule has 8 heteroatoms. The van der Waals surface area contributed by atoms with Crippen LogP contribution in [0.15, 0.2) is 30.5 Å². The van der Waals surface area contributed by atoms with Gasteiger partial charge in [0.1, 0.15) is 17.3 Å². The van der Waals surface area contributed by atoms with Crippen LogP contribution in [0.1, 0.15) is 5.69 Å². The van der Waals surface area contributed by atoms with Crippen molar-refractivity contribution in [2.24, 2.45) is 0 Å². The van der Waals surface area contributed by atoms with Gasteiger partial charge in [-0.15, -0.1) is 0 Å². The summed E-state index contributed by atoms with van der Waals surface area (Å²) in [6.07, 6.45) is -3.63. The topological polar surface area (TPSA) is 42.0 Å². The lowest BCUT2D eigenvalue weighted by Crippen LogP contribution is -2.07. The van der Waals surface area contributed by atoms with Crippen LogP contribution < -0.4 is 5.32 Å². The second-order valence-corrected chi connectivity index (χ2v) is 4.00. The molecule has 0 fully saturated rings. The lowest BCUT2D eigenvalue weighted by molar-refractivity contribution is -0.141. The average molecular weight is 302 g/mol. The van der Waals surface area contributed by atoms with E-state index in [1.807, 2.05) is 5.32 Å². The van der Waals surface area contributed by atoms with E-state index < -0.39 is 23.5 Å². The third-order valence-electron chi connectivity index (χ3n) is 2.64. The van der Waals surface area contributed by atoms with E-state index in [-0.39, 0.29) is 23.2 Å². The van der Waals surface area contributed by atoms with Gasteiger partial charge >= 0.3 is 6.18 Å². The number of alkyl halides is 3. The predicted octanol–water partition coefficient (Wildman–Crippen LogP) is 3.61. The molecule has 1 heterocycles. The summed E-state index contributed by atoms with van der Waals surface area (Å²) < 4.78 is 64.5. The van der Waals surface area contributed by atoms with Crippen LogP contribution in [-0.2, 0) is 11.0 Å². The number of pyridine rings is 1. The highest BCUT2D eigenvalue weighted by molar-refractivity contribution is 5.74. The lowest BCUT2D eigenvalue weighted by atomic mass is 10.1. The van der Waals surface area contributed by atoms with Crippen LogP contribution in [-0.4, -0.2) is 11.4 Å². The molecule has 110 valence electrons. The molecular weight excluding hydrogens is 295 g/mol. The SMILES string of the molecule is O=CNc1cc(F)c(-c2ccc(C(F)(F)F)nc2)cc1F. The number of hydrogen-bond donors (Lipinski definition) is 1. The number of carbonyl (C=O) groups excluding carboxylic acids is 1. The number of rotatable bonds is 3. The molecule has 3 nitrogen and oxygen atoms in total. The van der Waals surface area contributed by atoms with Crippen LogP contribution in [0, 0.1) is 11.6 Å². The van der Waals surface area contributed by atoms with Gasteiger partial charge in [0.2, 0.25) is 6.41 Å². The van der Waals surface area contributed by atoms with E-state index in [0.29, 0.717) is 6.07 Å². The van der Waals surface area contributed by atoms with Gasteiger partial charge in [-0.2, -0.15) is 13.2 Å². The minimum Gasteiger partial charge on any atom is -0.326 e. The molecule has 1 N–H and O–H groups in total. The highest BCUT2D eigenvalue weighted by Crippen LogP contribution is 2.31. The molecule has 0 aliphatic rings. The first-order valence-corrected chi connectivity index (χ1v) is 5.56. The molecule has 0 radical (unpaired) electrons. The van der Waals surface area contributed by atoms with Crippen molar-refractivity contribution in [2.45, 2.75) is 6.18 Å². The number of hydrogen-bond acceptors (Lipinski definition) is 2. The molecule has 0 saturated carbocycles. The largest absolute Gasteiger partial charge is 0.433 e. The van der Waals surface area contributed by atoms with Crippen LogP contribution in [0.4, 0.5) is 27.6 Å². The molecule has 0 aliphatic carbocycles. The zero-order chi connectivity index (χ0) is 15.6. The minimum atomic E-state index is -4.61. The van der Waals surface area contributed by atoms with Gasteiger partial charge in [0.25, 0.3) is 0 Å². The van der Waals surface area contributed by atoms with Crippen molar-refractivity contribution in [2.75, 3.05) is 5.32 Å². The normalized spacial score (nSPS) is 11.3. The molecule has 1 aromatic carbocycles. The Morgan fingerprint density at radius 1 is 1.10 bits per heavy atom. The molecule has 1 aromatic heterocycles. The number of benzene rings is 1. The standard InChI is InChI=1S/C13H7F5N2O/c14-9-4-11(20-6-21)10(15)3-8(9)7-1-2-12(19-5-7)13(16,17)18/h1-6H,(H,20,21). The van der Waals surface area contributed by atoms with E-state index in [9.17, 15) is 26.7 Å². The fraction of sp³-hybridized carbons (Fsp3) is 0.0769. The third kappa shape index (κ3) is 3.15. The number of aromatic nitrogens is 1. The summed E-state index contributed by atoms with van der Waals surface area (Å²) in [7, 11) is 0. The Bertz CT molecular complexity index is 667. The van der Waals surface area contributed by atoms with Crippen LogP contribution in [0.3, 0.4) is 0 Å². The molecule has 0 spiro atoms. The van der Waals surface area contributed by atoms with Crippen molar-refractivity contribution < 1.29 is 26.7 Å². The van der Waals surface area contributed by atoms with Gasteiger partial charge in [0.15, 0.2) is 0 Å². The van der Waals surface area contributed by atoms with Gasteiger partial charge in [-0.25, -0.2) is 8.78 Å². The molecular formula is C13H7F5N2O. The van der Waals surface area contributed by atoms with Crippen LogP contribution in [0.5, 0.6) is 0 Å². The first-order valence-electron chi connectivity index (χ1n) is 5.56. The molecule has 1 amide bonds. The third-order valence-corrected chi connectivity index (χ3v) is 2.64. The monoisotopic (exact) mass is 302 g/mol. The van der Waals surface area contributed by atoms with Crippen LogP contribution in [0.2, 0.25) is 0 Å². The number of nitrogens with zero attached hydrogens (tertiary/aromatic N) is 1. The Kier molecular flexibility index (Phi) is 3.88. The first kappa shape index (κ1) is 14.9. The molecule has 21 heavy (non-hydrogen) atoms. The maximum absolute atomic E-state index is 13.8. The Morgan fingerprint density at radius 3 is 2.33 bits per heavy atom. The smallest absolute Gasteiger partial charge is 0.326 e. The molecule has 2 rings (SSSR count). The maximum Gasteiger partial charge on any atom is 0.433 e. The van der Waals surface area contributed by atoms with Gasteiger partial charge in [-0.1, -0.05) is 6.07 Å². The van der Waals surface area contributed by atoms with Crippen molar-refractivity contribution in [3.05, 3.63) is 47.8 Å². The second kappa shape index (κ2) is 5.47. The van der Waals surface area contributed by atoms with Gasteiger partial charge in [0.05, 0.1) is 5.69 Å². The maximum atomic E-state index is 13.8. The van der Waals surface area contributed by atoms with Crippen molar-refractivity contribution in [1.29, 1.82) is 0 Å². The molecule has 0 bridgehead atoms. The number of amides is 1. The summed E-state index contributed by atoms with van der Waals surface area (Å²) in [6.45, 7) is 0. The van der Waals surface area contributed by atoms with E-state index in [0.717, 1.165) is 24.4 Å². The summed E-state index contributed by atoms with van der Waals surface area (Å²) in [5.74, 6) is -1.82. The van der Waals surface area contributed by atoms with E-state index in [2.05, 4.69) is 4.98 Å². The van der Waals surface area contributed by atoms with Crippen molar-refractivity contribution >= 4 is 12.1 Å². The highest BCUT2D eigenvalue weighted by Gasteiger charge is 2.32. The fourth-order valence-corrected chi connectivity index (χ4v) is 1.66. The summed E-state index contributed by atoms with van der Waals surface area (Å²) in [4.78, 5) is 13.4. The lowest BCUT2D eigenvalue weighted by Gasteiger charge is -2.09. The summed E-state index contributed by atoms with van der Waals surface area (Å²) in [5, 5.41) is 1.96. The van der Waals surface area contributed by atoms with E-state index in [1.54, 1.807) is 0 Å². The zero-order valence-electron chi connectivity index (χ0n) is 10.2. The van der Waals surface area contributed by atoms with Crippen LogP contribution >= 0.6 is 0 Å². The number of halogens is 5. The van der Waals surface area contributed by atoms with E-state index in [4.69, 9.17) is 0 Å². The average Bonchev–Trinajstić information content (AvgIpc) is 2.42. The van der Waals surface area contributed by atoms with E-state index >= 15 is 0 Å². The Hall–Kier alpha value is -2.51. The van der Waals surface area contributed by atoms with Crippen molar-refractivity contribution in [1.82, 2.24) is 4.98 Å². The van der Waals surface area contributed by atoms with Gasteiger partial charge in [-0.05, 0) is 12.1 Å². The number of carbonyl (C=O) groups is 1. The Labute approximate surface area is 115 Å². The molecule has 0 atom stereocenters. The predicted molar refractivity (Wildman–Crippen MR) is 64.3 cm³/mol. The Morgan fingerprint density at radius 2 is 1.81 bits per heavy atom. The zero-order valence-corrected chi connectivity index (χ0v) is 10.2. The molecule has 0 aliphatic heterocycles. The highest BCUT2D eigenvalue weighted by atomic mass is 19.4. The second-order valence-electron chi connectivity index (χ2n) is 4.00. The molecule has 0 unspecified atom stereocenters. The van der Waals surface area contributed by atoms with Crippen molar-refractivity contribution in [3.8, 4) is 11.1 Å². The minimum absolute atomic E-state index is 0.0166. The van der Waals surface area contributed by atoms with Gasteiger partial charge in [0, 0.05) is 23.4 Å². The molecule has 2 aromatic rings. The first-order chi connectivity index (χ1) is 9.82. The summed E-state index contributed by atoms with van der Waals surface area (Å²) in [6, 6.07) is 3.16. The van der Waals surface area contributed by atoms with Gasteiger partial charge < -0.3 is 5.32 Å². The van der Waals surface area contributed by atoms with Crippen molar-refractivity contribution in [3.63, 3.8) is 0 Å². The van der Waals surface area contributed by atoms with Crippen LogP contribution in [0.25, 0.3) is 11.1 Å². The summed E-state index contributed by atoms with van der Waals surface area (Å²) >= 11 is 0. The van der Waals surface area contributed by atoms with E-state index in [1.165, 1.54) is 0 Å². The fourth-order valence-electron chi connectivity index (χ4n) is 1.66. The Balaban J connectivity index is 2.42. The molecule has 0 saturated heterocycles. The summed E-state index contributed by atoms with van der Waals surface area (Å²) in [5.41, 5.74) is -1.78. The quantitative estimate of drug-likeness (QED) is 0.695. The number of anilines is 1. The number of nitrogens with one attached hydrogen (secondary N) is 1. The van der Waals surface area contributed by atoms with Gasteiger partial charge in [-0.3, -0.25) is 9.78 Å².